The minimum Gasteiger partial charge on any atom is -0.456 e. The molecule has 4 aromatic carbocycles. The Balaban J connectivity index is 1.35. The molecule has 1 heterocycles. The number of aryl methyl sites for hydroxylation is 1. The molecule has 0 aliphatic rings. The molecule has 0 saturated carbocycles. The topological polar surface area (TPSA) is 43.3 Å². The van der Waals surface area contributed by atoms with E-state index in [9.17, 15) is 4.79 Å². The first kappa shape index (κ1) is 29.6. The number of rotatable bonds is 8. The maximum absolute atomic E-state index is 12.9. The number of esters is 1. The quantitative estimate of drug-likeness (QED) is 0.132. The van der Waals surface area contributed by atoms with Crippen LogP contribution < -0.4 is 5.32 Å². The van der Waals surface area contributed by atoms with Crippen LogP contribution in [-0.2, 0) is 17.8 Å². The van der Waals surface area contributed by atoms with Crippen molar-refractivity contribution in [1.29, 1.82) is 0 Å². The molecular weight excluding hydrogens is 631 g/mol. The number of hydrogen-bond acceptors (Lipinski definition) is 3. The fourth-order valence-electron chi connectivity index (χ4n) is 5.17. The average molecular weight is 669 g/mol. The molecule has 5 aromatic rings. The highest BCUT2D eigenvalue weighted by Crippen LogP contribution is 2.30. The van der Waals surface area contributed by atoms with E-state index in [0.717, 1.165) is 35.5 Å². The van der Waals surface area contributed by atoms with Gasteiger partial charge in [0.05, 0.1) is 5.56 Å². The van der Waals surface area contributed by atoms with Gasteiger partial charge in [0.1, 0.15) is 5.60 Å². The van der Waals surface area contributed by atoms with Crippen LogP contribution in [-0.4, -0.2) is 16.1 Å². The standard InChI is InChI=1S/C37H37IN2O2/c1-24-26(3)40(35-20-17-30(21-34(24)35)25(2)39-22-27-13-18-31(38)19-14-27)23-28-11-15-29(16-12-28)32-9-7-8-10-33(32)36(41)42-37(4,5)6/h7-21,39H,2,22-23H2,1,3-6H3. The molecule has 0 fully saturated rings. The average Bonchev–Trinajstić information content (AvgIpc) is 3.20. The molecule has 4 nitrogen and oxygen atoms in total. The molecule has 1 aromatic heterocycles. The van der Waals surface area contributed by atoms with E-state index in [1.165, 1.54) is 36.9 Å². The van der Waals surface area contributed by atoms with E-state index < -0.39 is 5.60 Å². The summed E-state index contributed by atoms with van der Waals surface area (Å²) in [6, 6.07) is 31.2. The van der Waals surface area contributed by atoms with Gasteiger partial charge in [0.15, 0.2) is 0 Å². The van der Waals surface area contributed by atoms with Crippen LogP contribution in [0.25, 0.3) is 27.7 Å². The SMILES string of the molecule is C=C(NCc1ccc(I)cc1)c1ccc2c(c1)c(C)c(C)n2Cc1ccc(-c2ccccc2C(=O)OC(C)(C)C)cc1. The van der Waals surface area contributed by atoms with Gasteiger partial charge in [-0.25, -0.2) is 4.79 Å². The third-order valence-electron chi connectivity index (χ3n) is 7.56. The monoisotopic (exact) mass is 668 g/mol. The molecule has 0 aliphatic heterocycles. The summed E-state index contributed by atoms with van der Waals surface area (Å²) in [5.41, 5.74) is 10.1. The van der Waals surface area contributed by atoms with E-state index in [-0.39, 0.29) is 5.97 Å². The van der Waals surface area contributed by atoms with Crippen LogP contribution in [0.5, 0.6) is 0 Å². The lowest BCUT2D eigenvalue weighted by atomic mass is 9.98. The van der Waals surface area contributed by atoms with Crippen LogP contribution >= 0.6 is 22.6 Å². The van der Waals surface area contributed by atoms with Gasteiger partial charge in [-0.15, -0.1) is 0 Å². The molecule has 214 valence electrons. The minimum absolute atomic E-state index is 0.306. The fourth-order valence-corrected chi connectivity index (χ4v) is 5.53. The smallest absolute Gasteiger partial charge is 0.339 e. The molecule has 42 heavy (non-hydrogen) atoms. The molecule has 1 N–H and O–H groups in total. The minimum atomic E-state index is -0.546. The number of carbonyl (C=O) groups is 1. The lowest BCUT2D eigenvalue weighted by Gasteiger charge is -2.20. The lowest BCUT2D eigenvalue weighted by Crippen LogP contribution is -2.24. The second kappa shape index (κ2) is 12.2. The van der Waals surface area contributed by atoms with Crippen molar-refractivity contribution in [2.75, 3.05) is 0 Å². The van der Waals surface area contributed by atoms with Crippen LogP contribution in [0.15, 0.2) is 97.6 Å². The summed E-state index contributed by atoms with van der Waals surface area (Å²) in [4.78, 5) is 12.9. The first-order valence-electron chi connectivity index (χ1n) is 14.2. The molecular formula is C37H37IN2O2. The summed E-state index contributed by atoms with van der Waals surface area (Å²) in [6.07, 6.45) is 0. The number of nitrogens with one attached hydrogen (secondary N) is 1. The summed E-state index contributed by atoms with van der Waals surface area (Å²) in [5.74, 6) is -0.306. The summed E-state index contributed by atoms with van der Waals surface area (Å²) in [7, 11) is 0. The molecule has 0 spiro atoms. The van der Waals surface area contributed by atoms with E-state index in [4.69, 9.17) is 4.74 Å². The Bertz CT molecular complexity index is 1760. The Kier molecular flexibility index (Phi) is 8.60. The van der Waals surface area contributed by atoms with Crippen molar-refractivity contribution >= 4 is 45.2 Å². The van der Waals surface area contributed by atoms with Gasteiger partial charge in [-0.05, 0) is 121 Å². The summed E-state index contributed by atoms with van der Waals surface area (Å²) in [6.45, 7) is 15.8. The number of nitrogens with zero attached hydrogens (tertiary/aromatic N) is 1. The normalized spacial score (nSPS) is 11.5. The van der Waals surface area contributed by atoms with Crippen LogP contribution in [0.1, 0.15) is 59.1 Å². The van der Waals surface area contributed by atoms with Crippen molar-refractivity contribution in [2.24, 2.45) is 0 Å². The van der Waals surface area contributed by atoms with Crippen molar-refractivity contribution < 1.29 is 9.53 Å². The second-order valence-electron chi connectivity index (χ2n) is 11.7. The van der Waals surface area contributed by atoms with Crippen LogP contribution in [0.3, 0.4) is 0 Å². The van der Waals surface area contributed by atoms with Gasteiger partial charge in [-0.3, -0.25) is 0 Å². The summed E-state index contributed by atoms with van der Waals surface area (Å²) < 4.78 is 9.26. The van der Waals surface area contributed by atoms with Gasteiger partial charge in [0.2, 0.25) is 0 Å². The third kappa shape index (κ3) is 6.62. The predicted molar refractivity (Wildman–Crippen MR) is 183 cm³/mol. The molecule has 0 amide bonds. The molecule has 5 rings (SSSR count). The highest BCUT2D eigenvalue weighted by atomic mass is 127. The maximum atomic E-state index is 12.9. The Morgan fingerprint density at radius 2 is 1.57 bits per heavy atom. The maximum Gasteiger partial charge on any atom is 0.339 e. The van der Waals surface area contributed by atoms with E-state index in [1.54, 1.807) is 0 Å². The van der Waals surface area contributed by atoms with Gasteiger partial charge in [-0.1, -0.05) is 67.2 Å². The van der Waals surface area contributed by atoms with Gasteiger partial charge in [0, 0.05) is 39.0 Å². The number of hydrogen-bond donors (Lipinski definition) is 1. The Morgan fingerprint density at radius 3 is 2.26 bits per heavy atom. The van der Waals surface area contributed by atoms with Crippen molar-refractivity contribution in [1.82, 2.24) is 9.88 Å². The first-order valence-corrected chi connectivity index (χ1v) is 15.3. The van der Waals surface area contributed by atoms with Gasteiger partial charge >= 0.3 is 5.97 Å². The predicted octanol–water partition coefficient (Wildman–Crippen LogP) is 9.29. The summed E-state index contributed by atoms with van der Waals surface area (Å²) >= 11 is 2.32. The molecule has 0 atom stereocenters. The molecule has 0 unspecified atom stereocenters. The van der Waals surface area contributed by atoms with Crippen molar-refractivity contribution in [3.63, 3.8) is 0 Å². The Labute approximate surface area is 262 Å². The highest BCUT2D eigenvalue weighted by molar-refractivity contribution is 14.1. The number of ether oxygens (including phenoxy) is 1. The van der Waals surface area contributed by atoms with Crippen LogP contribution in [0.4, 0.5) is 0 Å². The Morgan fingerprint density at radius 1 is 0.905 bits per heavy atom. The van der Waals surface area contributed by atoms with E-state index in [2.05, 4.69) is 120 Å². The number of aromatic nitrogens is 1. The molecule has 0 saturated heterocycles. The molecule has 5 heteroatoms. The van der Waals surface area contributed by atoms with E-state index in [0.29, 0.717) is 5.56 Å². The van der Waals surface area contributed by atoms with Crippen molar-refractivity contribution in [2.45, 2.75) is 53.3 Å². The van der Waals surface area contributed by atoms with Crippen molar-refractivity contribution in [3.8, 4) is 11.1 Å². The lowest BCUT2D eigenvalue weighted by molar-refractivity contribution is 0.00704. The Hall–Kier alpha value is -3.84. The third-order valence-corrected chi connectivity index (χ3v) is 8.28. The highest BCUT2D eigenvalue weighted by Gasteiger charge is 2.21. The largest absolute Gasteiger partial charge is 0.456 e. The summed E-state index contributed by atoms with van der Waals surface area (Å²) in [5, 5.41) is 4.73. The second-order valence-corrected chi connectivity index (χ2v) is 13.0. The van der Waals surface area contributed by atoms with E-state index >= 15 is 0 Å². The van der Waals surface area contributed by atoms with Gasteiger partial charge in [-0.2, -0.15) is 0 Å². The molecule has 0 radical (unpaired) electrons. The van der Waals surface area contributed by atoms with Gasteiger partial charge < -0.3 is 14.6 Å². The number of carbonyl (C=O) groups excluding carboxylic acids is 1. The zero-order valence-corrected chi connectivity index (χ0v) is 27.1. The molecule has 0 bridgehead atoms. The zero-order valence-electron chi connectivity index (χ0n) is 24.9. The van der Waals surface area contributed by atoms with Gasteiger partial charge in [0.25, 0.3) is 0 Å². The van der Waals surface area contributed by atoms with Crippen LogP contribution in [0, 0.1) is 17.4 Å². The van der Waals surface area contributed by atoms with Crippen molar-refractivity contribution in [3.05, 3.63) is 135 Å². The first-order chi connectivity index (χ1) is 20.0. The van der Waals surface area contributed by atoms with Crippen LogP contribution in [0.2, 0.25) is 0 Å². The number of benzene rings is 4. The number of fused-ring (bicyclic) bond motifs is 1. The fraction of sp³-hybridized carbons (Fsp3) is 0.216. The number of halogens is 1. The molecule has 0 aliphatic carbocycles. The zero-order chi connectivity index (χ0) is 30.0. The van der Waals surface area contributed by atoms with E-state index in [1.807, 2.05) is 45.0 Å².